The second kappa shape index (κ2) is 9.61. The van der Waals surface area contributed by atoms with Gasteiger partial charge in [0.1, 0.15) is 0 Å². The molecule has 1 amide bonds. The number of thioether (sulfide) groups is 1. The molecule has 3 aliphatic rings. The average molecular weight is 511 g/mol. The summed E-state index contributed by atoms with van der Waals surface area (Å²) in [5.41, 5.74) is 5.39. The van der Waals surface area contributed by atoms with Gasteiger partial charge in [-0.05, 0) is 23.8 Å². The number of nitrogens with zero attached hydrogens (tertiary/aromatic N) is 4. The summed E-state index contributed by atoms with van der Waals surface area (Å²) in [4.78, 5) is 18.6. The van der Waals surface area contributed by atoms with Crippen molar-refractivity contribution in [3.63, 3.8) is 0 Å². The van der Waals surface area contributed by atoms with Gasteiger partial charge in [0.2, 0.25) is 0 Å². The lowest BCUT2D eigenvalue weighted by Crippen LogP contribution is -2.41. The van der Waals surface area contributed by atoms with Crippen LogP contribution in [0.2, 0.25) is 0 Å². The lowest BCUT2D eigenvalue weighted by Gasteiger charge is -2.31. The SMILES string of the molecule is O=C(c1nn(-c2cccc(CN3CCC(F)(F)CC3)c2)c2c1CSc1ccccc1-2)N1CCOCC1. The van der Waals surface area contributed by atoms with Crippen LogP contribution in [0.5, 0.6) is 0 Å². The van der Waals surface area contributed by atoms with Crippen LogP contribution in [0.15, 0.2) is 53.4 Å². The van der Waals surface area contributed by atoms with Crippen molar-refractivity contribution in [2.45, 2.75) is 36.0 Å². The van der Waals surface area contributed by atoms with E-state index in [4.69, 9.17) is 9.84 Å². The van der Waals surface area contributed by atoms with Gasteiger partial charge >= 0.3 is 0 Å². The first kappa shape index (κ1) is 23.6. The fourth-order valence-electron chi connectivity index (χ4n) is 5.16. The third-order valence-corrected chi connectivity index (χ3v) is 8.25. The molecule has 1 aromatic heterocycles. The molecule has 0 bridgehead atoms. The third-order valence-electron chi connectivity index (χ3n) is 7.15. The Morgan fingerprint density at radius 2 is 1.81 bits per heavy atom. The highest BCUT2D eigenvalue weighted by Crippen LogP contribution is 2.44. The minimum Gasteiger partial charge on any atom is -0.378 e. The third kappa shape index (κ3) is 4.55. The number of carbonyl (C=O) groups is 1. The number of halogens is 2. The molecule has 0 saturated carbocycles. The zero-order valence-corrected chi connectivity index (χ0v) is 20.8. The Kier molecular flexibility index (Phi) is 6.31. The van der Waals surface area contributed by atoms with E-state index >= 15 is 0 Å². The lowest BCUT2D eigenvalue weighted by atomic mass is 10.0. The minimum absolute atomic E-state index is 0.0568. The molecule has 3 aliphatic heterocycles. The number of aromatic nitrogens is 2. The first-order valence-corrected chi connectivity index (χ1v) is 13.4. The number of amides is 1. The summed E-state index contributed by atoms with van der Waals surface area (Å²) in [5, 5.41) is 4.90. The van der Waals surface area contributed by atoms with E-state index in [0.29, 0.717) is 57.4 Å². The van der Waals surface area contributed by atoms with Crippen molar-refractivity contribution in [2.75, 3.05) is 39.4 Å². The minimum atomic E-state index is -2.55. The molecule has 2 aromatic carbocycles. The van der Waals surface area contributed by atoms with E-state index in [0.717, 1.165) is 28.1 Å². The topological polar surface area (TPSA) is 50.6 Å². The maximum atomic E-state index is 13.6. The number of ether oxygens (including phenoxy) is 1. The first-order chi connectivity index (χ1) is 17.5. The first-order valence-electron chi connectivity index (χ1n) is 12.4. The Balaban J connectivity index is 1.37. The van der Waals surface area contributed by atoms with Gasteiger partial charge in [-0.2, -0.15) is 5.10 Å². The number of rotatable bonds is 4. The van der Waals surface area contributed by atoms with Crippen molar-refractivity contribution in [2.24, 2.45) is 0 Å². The number of hydrogen-bond acceptors (Lipinski definition) is 5. The summed E-state index contributed by atoms with van der Waals surface area (Å²) in [6.07, 6.45) is -0.193. The molecule has 0 aliphatic carbocycles. The molecule has 2 saturated heterocycles. The normalized spacial score (nSPS) is 19.6. The summed E-state index contributed by atoms with van der Waals surface area (Å²) < 4.78 is 34.6. The van der Waals surface area contributed by atoms with Gasteiger partial charge in [0.25, 0.3) is 11.8 Å². The van der Waals surface area contributed by atoms with E-state index < -0.39 is 5.92 Å². The molecule has 36 heavy (non-hydrogen) atoms. The number of likely N-dealkylation sites (tertiary alicyclic amines) is 1. The number of piperidine rings is 1. The lowest BCUT2D eigenvalue weighted by molar-refractivity contribution is -0.0566. The Morgan fingerprint density at radius 3 is 2.61 bits per heavy atom. The number of benzene rings is 2. The fraction of sp³-hybridized carbons (Fsp3) is 0.407. The van der Waals surface area contributed by atoms with E-state index in [2.05, 4.69) is 23.1 Å². The largest absolute Gasteiger partial charge is 0.378 e. The van der Waals surface area contributed by atoms with Crippen LogP contribution in [-0.2, 0) is 17.0 Å². The van der Waals surface area contributed by atoms with Crippen molar-refractivity contribution < 1.29 is 18.3 Å². The quantitative estimate of drug-likeness (QED) is 0.502. The molecule has 0 spiro atoms. The van der Waals surface area contributed by atoms with Crippen molar-refractivity contribution in [3.05, 3.63) is 65.4 Å². The van der Waals surface area contributed by atoms with Crippen LogP contribution in [0.1, 0.15) is 34.5 Å². The average Bonchev–Trinajstić information content (AvgIpc) is 3.30. The number of alkyl halides is 2. The van der Waals surface area contributed by atoms with Gasteiger partial charge in [0, 0.05) is 67.3 Å². The molecular weight excluding hydrogens is 482 g/mol. The van der Waals surface area contributed by atoms with E-state index in [1.807, 2.05) is 39.9 Å². The van der Waals surface area contributed by atoms with Crippen molar-refractivity contribution >= 4 is 17.7 Å². The van der Waals surface area contributed by atoms with Crippen LogP contribution < -0.4 is 0 Å². The molecule has 6 nitrogen and oxygen atoms in total. The number of fused-ring (bicyclic) bond motifs is 3. The monoisotopic (exact) mass is 510 g/mol. The summed E-state index contributed by atoms with van der Waals surface area (Å²) >= 11 is 1.73. The summed E-state index contributed by atoms with van der Waals surface area (Å²) in [5.74, 6) is -1.93. The zero-order chi connectivity index (χ0) is 24.7. The predicted molar refractivity (Wildman–Crippen MR) is 135 cm³/mol. The van der Waals surface area contributed by atoms with Gasteiger partial charge in [0.05, 0.1) is 24.6 Å². The Bertz CT molecular complexity index is 1280. The summed E-state index contributed by atoms with van der Waals surface area (Å²) in [6, 6.07) is 16.3. The molecule has 6 rings (SSSR count). The molecule has 0 atom stereocenters. The maximum absolute atomic E-state index is 13.6. The van der Waals surface area contributed by atoms with Gasteiger partial charge in [-0.15, -0.1) is 11.8 Å². The van der Waals surface area contributed by atoms with Crippen LogP contribution in [0.4, 0.5) is 8.78 Å². The van der Waals surface area contributed by atoms with Crippen molar-refractivity contribution in [3.8, 4) is 16.9 Å². The van der Waals surface area contributed by atoms with Crippen LogP contribution in [-0.4, -0.2) is 70.8 Å². The predicted octanol–water partition coefficient (Wildman–Crippen LogP) is 4.85. The smallest absolute Gasteiger partial charge is 0.274 e. The van der Waals surface area contributed by atoms with Crippen molar-refractivity contribution in [1.82, 2.24) is 19.6 Å². The van der Waals surface area contributed by atoms with Gasteiger partial charge < -0.3 is 9.64 Å². The molecule has 0 unspecified atom stereocenters. The fourth-order valence-corrected chi connectivity index (χ4v) is 6.23. The number of morpholine rings is 1. The van der Waals surface area contributed by atoms with Crippen molar-refractivity contribution in [1.29, 1.82) is 0 Å². The van der Waals surface area contributed by atoms with Gasteiger partial charge in [0.15, 0.2) is 5.69 Å². The summed E-state index contributed by atoms with van der Waals surface area (Å²) in [6.45, 7) is 3.59. The standard InChI is InChI=1S/C27H28F2N4O2S/c28-27(29)8-10-31(11-9-27)17-19-4-3-5-20(16-19)33-25-21-6-1-2-7-23(21)36-18-22(25)24(30-33)26(34)32-12-14-35-15-13-32/h1-7,16H,8-15,17-18H2. The molecule has 0 N–H and O–H groups in total. The number of carbonyl (C=O) groups excluding carboxylic acids is 1. The Morgan fingerprint density at radius 1 is 1.03 bits per heavy atom. The Hall–Kier alpha value is -2.75. The molecule has 9 heteroatoms. The second-order valence-corrected chi connectivity index (χ2v) is 10.6. The van der Waals surface area contributed by atoms with Crippen LogP contribution in [0.25, 0.3) is 16.9 Å². The van der Waals surface area contributed by atoms with Gasteiger partial charge in [-0.3, -0.25) is 9.69 Å². The zero-order valence-electron chi connectivity index (χ0n) is 20.0. The van der Waals surface area contributed by atoms with E-state index in [1.54, 1.807) is 11.8 Å². The molecular formula is C27H28F2N4O2S. The molecule has 2 fully saturated rings. The van der Waals surface area contributed by atoms with E-state index in [1.165, 1.54) is 4.90 Å². The van der Waals surface area contributed by atoms with E-state index in [-0.39, 0.29) is 18.7 Å². The highest BCUT2D eigenvalue weighted by Gasteiger charge is 2.34. The van der Waals surface area contributed by atoms with Crippen LogP contribution in [0.3, 0.4) is 0 Å². The number of hydrogen-bond donors (Lipinski definition) is 0. The van der Waals surface area contributed by atoms with E-state index in [9.17, 15) is 13.6 Å². The molecule has 4 heterocycles. The molecule has 188 valence electrons. The highest BCUT2D eigenvalue weighted by atomic mass is 32.2. The molecule has 0 radical (unpaired) electrons. The maximum Gasteiger partial charge on any atom is 0.274 e. The highest BCUT2D eigenvalue weighted by molar-refractivity contribution is 7.98. The Labute approximate surface area is 213 Å². The van der Waals surface area contributed by atoms with Gasteiger partial charge in [-0.1, -0.05) is 30.3 Å². The van der Waals surface area contributed by atoms with Crippen LogP contribution >= 0.6 is 11.8 Å². The molecule has 3 aromatic rings. The van der Waals surface area contributed by atoms with Crippen LogP contribution in [0, 0.1) is 0 Å². The van der Waals surface area contributed by atoms with Gasteiger partial charge in [-0.25, -0.2) is 13.5 Å². The second-order valence-electron chi connectivity index (χ2n) is 9.58. The summed E-state index contributed by atoms with van der Waals surface area (Å²) in [7, 11) is 0.